The molecule has 29 heavy (non-hydrogen) atoms. The first-order valence-corrected chi connectivity index (χ1v) is 9.56. The highest BCUT2D eigenvalue weighted by molar-refractivity contribution is 8.18. The summed E-state index contributed by atoms with van der Waals surface area (Å²) in [6.45, 7) is 0.401. The lowest BCUT2D eigenvalue weighted by molar-refractivity contribution is -0.123. The van der Waals surface area contributed by atoms with Crippen molar-refractivity contribution in [2.45, 2.75) is 0 Å². The van der Waals surface area contributed by atoms with Crippen molar-refractivity contribution in [3.05, 3.63) is 58.9 Å². The van der Waals surface area contributed by atoms with Crippen molar-refractivity contribution in [2.24, 2.45) is 0 Å². The second kappa shape index (κ2) is 8.27. The number of nitrogens with one attached hydrogen (secondary N) is 1. The maximum Gasteiger partial charge on any atom is 0.293 e. The second-order valence-corrected chi connectivity index (χ2v) is 7.08. The van der Waals surface area contributed by atoms with Gasteiger partial charge in [-0.2, -0.15) is 0 Å². The molecule has 0 atom stereocenters. The van der Waals surface area contributed by atoms with E-state index >= 15 is 0 Å². The quantitative estimate of drug-likeness (QED) is 0.729. The summed E-state index contributed by atoms with van der Waals surface area (Å²) in [7, 11) is 0. The number of hydrogen-bond donors (Lipinski definition) is 1. The number of amides is 3. The first-order valence-electron chi connectivity index (χ1n) is 8.74. The van der Waals surface area contributed by atoms with Crippen LogP contribution in [0.2, 0.25) is 0 Å². The third kappa shape index (κ3) is 4.35. The molecule has 0 radical (unpaired) electrons. The summed E-state index contributed by atoms with van der Waals surface area (Å²) in [6, 6.07) is 8.73. The van der Waals surface area contributed by atoms with Gasteiger partial charge in [0.2, 0.25) is 12.7 Å². The Morgan fingerprint density at radius 1 is 1.21 bits per heavy atom. The number of nitrogens with zero attached hydrogens (tertiary/aromatic N) is 1. The highest BCUT2D eigenvalue weighted by atomic mass is 32.2. The number of furan rings is 1. The van der Waals surface area contributed by atoms with E-state index in [4.69, 9.17) is 13.9 Å². The fourth-order valence-electron chi connectivity index (χ4n) is 2.74. The maximum atomic E-state index is 12.5. The largest absolute Gasteiger partial charge is 0.465 e. The number of hydrogen-bond acceptors (Lipinski definition) is 7. The summed E-state index contributed by atoms with van der Waals surface area (Å²) >= 11 is 0.865. The number of imide groups is 1. The molecule has 3 heterocycles. The number of benzene rings is 1. The Morgan fingerprint density at radius 2 is 2.07 bits per heavy atom. The van der Waals surface area contributed by atoms with E-state index in [9.17, 15) is 14.4 Å². The lowest BCUT2D eigenvalue weighted by Gasteiger charge is -2.12. The molecule has 1 aromatic carbocycles. The smallest absolute Gasteiger partial charge is 0.293 e. The Labute approximate surface area is 170 Å². The van der Waals surface area contributed by atoms with E-state index in [0.717, 1.165) is 22.2 Å². The third-order valence-corrected chi connectivity index (χ3v) is 5.05. The predicted molar refractivity (Wildman–Crippen MR) is 106 cm³/mol. The molecule has 1 N–H and O–H groups in total. The number of carbonyl (C=O) groups is 3. The molecule has 9 heteroatoms. The van der Waals surface area contributed by atoms with Crippen molar-refractivity contribution < 1.29 is 28.3 Å². The Balaban J connectivity index is 1.33. The minimum Gasteiger partial charge on any atom is -0.465 e. The van der Waals surface area contributed by atoms with Gasteiger partial charge in [0.25, 0.3) is 11.1 Å². The number of thioether (sulfide) groups is 1. The molecule has 0 spiro atoms. The van der Waals surface area contributed by atoms with Crippen molar-refractivity contribution in [1.82, 2.24) is 10.2 Å². The van der Waals surface area contributed by atoms with Crippen molar-refractivity contribution in [2.75, 3.05) is 19.9 Å². The van der Waals surface area contributed by atoms with Gasteiger partial charge in [0.15, 0.2) is 11.5 Å². The third-order valence-electron chi connectivity index (χ3n) is 4.14. The molecule has 0 unspecified atom stereocenters. The van der Waals surface area contributed by atoms with Gasteiger partial charge in [-0.15, -0.1) is 0 Å². The number of carbonyl (C=O) groups excluding carboxylic acids is 3. The molecule has 0 aliphatic carbocycles. The Hall–Kier alpha value is -3.46. The topological polar surface area (TPSA) is 98.1 Å². The standard InChI is InChI=1S/C20H16N2O6S/c23-18(6-4-14-2-1-9-26-14)21-7-8-22-19(24)17(29-20(22)25)11-13-3-5-15-16(10-13)28-12-27-15/h1-6,9-11H,7-8,12H2,(H,21,23)/b6-4+,17-11-. The van der Waals surface area contributed by atoms with Gasteiger partial charge in [0.1, 0.15) is 5.76 Å². The molecule has 0 bridgehead atoms. The summed E-state index contributed by atoms with van der Waals surface area (Å²) < 4.78 is 15.7. The van der Waals surface area contributed by atoms with Crippen LogP contribution in [0.5, 0.6) is 11.5 Å². The average molecular weight is 412 g/mol. The van der Waals surface area contributed by atoms with Crippen LogP contribution in [0.3, 0.4) is 0 Å². The fraction of sp³-hybridized carbons (Fsp3) is 0.150. The van der Waals surface area contributed by atoms with Crippen LogP contribution in [-0.2, 0) is 9.59 Å². The summed E-state index contributed by atoms with van der Waals surface area (Å²) in [5, 5.41) is 2.26. The van der Waals surface area contributed by atoms with Crippen LogP contribution in [0.4, 0.5) is 4.79 Å². The monoisotopic (exact) mass is 412 g/mol. The van der Waals surface area contributed by atoms with Gasteiger partial charge in [-0.25, -0.2) is 0 Å². The van der Waals surface area contributed by atoms with Crippen LogP contribution in [0.25, 0.3) is 12.2 Å². The summed E-state index contributed by atoms with van der Waals surface area (Å²) in [5.74, 6) is 1.07. The van der Waals surface area contributed by atoms with Gasteiger partial charge in [0, 0.05) is 19.2 Å². The van der Waals surface area contributed by atoms with Crippen LogP contribution in [0.1, 0.15) is 11.3 Å². The average Bonchev–Trinajstić information content (AvgIpc) is 3.44. The lowest BCUT2D eigenvalue weighted by Crippen LogP contribution is -2.36. The van der Waals surface area contributed by atoms with Gasteiger partial charge in [-0.3, -0.25) is 19.3 Å². The predicted octanol–water partition coefficient (Wildman–Crippen LogP) is 2.87. The molecule has 4 rings (SSSR count). The van der Waals surface area contributed by atoms with E-state index in [0.29, 0.717) is 22.2 Å². The maximum absolute atomic E-state index is 12.5. The molecule has 3 amide bonds. The molecule has 2 aliphatic heterocycles. The molecular weight excluding hydrogens is 396 g/mol. The molecule has 8 nitrogen and oxygen atoms in total. The van der Waals surface area contributed by atoms with Gasteiger partial charge in [-0.05, 0) is 53.7 Å². The highest BCUT2D eigenvalue weighted by Crippen LogP contribution is 2.36. The summed E-state index contributed by atoms with van der Waals surface area (Å²) in [5.41, 5.74) is 0.733. The van der Waals surface area contributed by atoms with E-state index in [1.807, 2.05) is 0 Å². The normalized spacial score (nSPS) is 17.0. The van der Waals surface area contributed by atoms with E-state index in [-0.39, 0.29) is 31.0 Å². The molecule has 2 aliphatic rings. The zero-order valence-electron chi connectivity index (χ0n) is 15.1. The van der Waals surface area contributed by atoms with E-state index in [1.165, 1.54) is 18.4 Å². The summed E-state index contributed by atoms with van der Waals surface area (Å²) in [6.07, 6.45) is 6.00. The molecule has 1 aromatic heterocycles. The first-order chi connectivity index (χ1) is 14.1. The van der Waals surface area contributed by atoms with Crippen LogP contribution in [-0.4, -0.2) is 41.8 Å². The van der Waals surface area contributed by atoms with Crippen molar-refractivity contribution in [1.29, 1.82) is 0 Å². The van der Waals surface area contributed by atoms with Crippen LogP contribution in [0.15, 0.2) is 52.0 Å². The zero-order valence-corrected chi connectivity index (χ0v) is 15.9. The fourth-order valence-corrected chi connectivity index (χ4v) is 3.61. The number of fused-ring (bicyclic) bond motifs is 1. The first kappa shape index (κ1) is 18.9. The van der Waals surface area contributed by atoms with Gasteiger partial charge in [0.05, 0.1) is 11.2 Å². The van der Waals surface area contributed by atoms with E-state index in [1.54, 1.807) is 36.4 Å². The SMILES string of the molecule is O=C(/C=C/c1ccco1)NCCN1C(=O)S/C(=C\c2ccc3c(c2)OCO3)C1=O. The van der Waals surface area contributed by atoms with Crippen molar-refractivity contribution in [3.8, 4) is 11.5 Å². The Kier molecular flexibility index (Phi) is 5.39. The van der Waals surface area contributed by atoms with E-state index in [2.05, 4.69) is 5.32 Å². The summed E-state index contributed by atoms with van der Waals surface area (Å²) in [4.78, 5) is 37.9. The molecule has 148 valence electrons. The van der Waals surface area contributed by atoms with E-state index < -0.39 is 5.91 Å². The highest BCUT2D eigenvalue weighted by Gasteiger charge is 2.34. The van der Waals surface area contributed by atoms with Crippen LogP contribution >= 0.6 is 11.8 Å². The number of rotatable bonds is 6. The Bertz CT molecular complexity index is 1010. The lowest BCUT2D eigenvalue weighted by atomic mass is 10.2. The van der Waals surface area contributed by atoms with Gasteiger partial charge in [-0.1, -0.05) is 6.07 Å². The molecule has 1 saturated heterocycles. The minimum absolute atomic E-state index is 0.0868. The second-order valence-electron chi connectivity index (χ2n) is 6.09. The van der Waals surface area contributed by atoms with Gasteiger partial charge >= 0.3 is 0 Å². The van der Waals surface area contributed by atoms with Gasteiger partial charge < -0.3 is 19.2 Å². The number of ether oxygens (including phenoxy) is 2. The van der Waals surface area contributed by atoms with Crippen molar-refractivity contribution in [3.63, 3.8) is 0 Å². The van der Waals surface area contributed by atoms with Crippen molar-refractivity contribution >= 4 is 41.0 Å². The molecule has 0 saturated carbocycles. The van der Waals surface area contributed by atoms with Crippen LogP contribution < -0.4 is 14.8 Å². The molecular formula is C20H16N2O6S. The minimum atomic E-state index is -0.391. The van der Waals surface area contributed by atoms with Crippen LogP contribution in [0, 0.1) is 0 Å². The zero-order chi connectivity index (χ0) is 20.2. The Morgan fingerprint density at radius 3 is 2.90 bits per heavy atom. The molecule has 2 aromatic rings. The molecule has 1 fully saturated rings.